The van der Waals surface area contributed by atoms with Gasteiger partial charge in [-0.15, -0.1) is 0 Å². The molecular weight excluding hydrogens is 322 g/mol. The number of nitrogens with one attached hydrogen (secondary N) is 2. The molecule has 3 aromatic rings. The maximum absolute atomic E-state index is 12.2. The van der Waals surface area contributed by atoms with Crippen molar-refractivity contribution in [2.75, 3.05) is 10.6 Å². The van der Waals surface area contributed by atoms with E-state index in [2.05, 4.69) is 15.6 Å². The molecular formula is C19H16ClN3O. The van der Waals surface area contributed by atoms with Crippen molar-refractivity contribution in [1.82, 2.24) is 4.98 Å². The van der Waals surface area contributed by atoms with Crippen LogP contribution in [0.3, 0.4) is 0 Å². The van der Waals surface area contributed by atoms with E-state index in [9.17, 15) is 4.79 Å². The Hall–Kier alpha value is -2.85. The quantitative estimate of drug-likeness (QED) is 0.701. The summed E-state index contributed by atoms with van der Waals surface area (Å²) in [6.07, 6.45) is 1.61. The topological polar surface area (TPSA) is 54.0 Å². The molecule has 0 radical (unpaired) electrons. The summed E-state index contributed by atoms with van der Waals surface area (Å²) in [5.41, 5.74) is 3.27. The van der Waals surface area contributed by atoms with Gasteiger partial charge in [-0.2, -0.15) is 0 Å². The third-order valence-electron chi connectivity index (χ3n) is 3.40. The smallest absolute Gasteiger partial charge is 0.255 e. The van der Waals surface area contributed by atoms with E-state index in [4.69, 9.17) is 11.6 Å². The van der Waals surface area contributed by atoms with E-state index >= 15 is 0 Å². The maximum atomic E-state index is 12.2. The summed E-state index contributed by atoms with van der Waals surface area (Å²) in [5, 5.41) is 6.55. The molecule has 0 fully saturated rings. The van der Waals surface area contributed by atoms with Crippen LogP contribution in [-0.2, 0) is 0 Å². The molecule has 0 saturated carbocycles. The fourth-order valence-electron chi connectivity index (χ4n) is 2.25. The average Bonchev–Trinajstić information content (AvgIpc) is 2.57. The van der Waals surface area contributed by atoms with Crippen LogP contribution in [-0.4, -0.2) is 10.9 Å². The molecule has 0 saturated heterocycles. The van der Waals surface area contributed by atoms with Crippen molar-refractivity contribution in [2.24, 2.45) is 0 Å². The third kappa shape index (κ3) is 4.12. The Bertz CT molecular complexity index is 862. The Balaban J connectivity index is 1.67. The highest BCUT2D eigenvalue weighted by Crippen LogP contribution is 2.18. The van der Waals surface area contributed by atoms with Crippen LogP contribution in [0.4, 0.5) is 17.2 Å². The third-order valence-corrected chi connectivity index (χ3v) is 3.63. The zero-order chi connectivity index (χ0) is 16.9. The summed E-state index contributed by atoms with van der Waals surface area (Å²) in [7, 11) is 0. The normalized spacial score (nSPS) is 10.2. The summed E-state index contributed by atoms with van der Waals surface area (Å²) in [6, 6.07) is 18.4. The number of hydrogen-bond donors (Lipinski definition) is 2. The van der Waals surface area contributed by atoms with Gasteiger partial charge < -0.3 is 10.6 Å². The Labute approximate surface area is 145 Å². The number of hydrogen-bond acceptors (Lipinski definition) is 3. The number of rotatable bonds is 4. The largest absolute Gasteiger partial charge is 0.340 e. The lowest BCUT2D eigenvalue weighted by molar-refractivity contribution is 0.102. The van der Waals surface area contributed by atoms with Gasteiger partial charge in [0.2, 0.25) is 0 Å². The molecule has 1 amide bonds. The molecule has 1 heterocycles. The van der Waals surface area contributed by atoms with E-state index in [0.717, 1.165) is 5.69 Å². The van der Waals surface area contributed by atoms with E-state index in [1.165, 1.54) is 5.56 Å². The van der Waals surface area contributed by atoms with Crippen molar-refractivity contribution in [2.45, 2.75) is 6.92 Å². The lowest BCUT2D eigenvalue weighted by Gasteiger charge is -2.08. The minimum absolute atomic E-state index is 0.223. The molecule has 120 valence electrons. The fraction of sp³-hybridized carbons (Fsp3) is 0.0526. The molecule has 0 unspecified atom stereocenters. The van der Waals surface area contributed by atoms with Crippen LogP contribution < -0.4 is 10.6 Å². The van der Waals surface area contributed by atoms with Crippen LogP contribution in [0.2, 0.25) is 5.02 Å². The van der Waals surface area contributed by atoms with Gasteiger partial charge in [-0.25, -0.2) is 4.98 Å². The molecule has 0 bridgehead atoms. The molecule has 0 spiro atoms. The van der Waals surface area contributed by atoms with Crippen molar-refractivity contribution < 1.29 is 4.79 Å². The molecule has 0 aliphatic carbocycles. The van der Waals surface area contributed by atoms with Gasteiger partial charge in [-0.3, -0.25) is 4.79 Å². The number of aryl methyl sites for hydroxylation is 1. The van der Waals surface area contributed by atoms with Crippen LogP contribution in [0.1, 0.15) is 15.9 Å². The van der Waals surface area contributed by atoms with Crippen LogP contribution in [0.5, 0.6) is 0 Å². The van der Waals surface area contributed by atoms with Crippen LogP contribution in [0.25, 0.3) is 0 Å². The molecule has 5 heteroatoms. The molecule has 0 atom stereocenters. The summed E-state index contributed by atoms with van der Waals surface area (Å²) < 4.78 is 0. The second kappa shape index (κ2) is 7.15. The minimum Gasteiger partial charge on any atom is -0.340 e. The Morgan fingerprint density at radius 3 is 2.54 bits per heavy atom. The number of pyridine rings is 1. The van der Waals surface area contributed by atoms with Gasteiger partial charge in [0, 0.05) is 16.3 Å². The molecule has 4 nitrogen and oxygen atoms in total. The molecule has 2 N–H and O–H groups in total. The summed E-state index contributed by atoms with van der Waals surface area (Å²) >= 11 is 5.90. The van der Waals surface area contributed by atoms with E-state index in [1.807, 2.05) is 37.3 Å². The predicted octanol–water partition coefficient (Wildman–Crippen LogP) is 5.04. The number of halogens is 1. The molecule has 0 aliphatic rings. The molecule has 2 aromatic carbocycles. The highest BCUT2D eigenvalue weighted by atomic mass is 35.5. The zero-order valence-electron chi connectivity index (χ0n) is 13.1. The Kier molecular flexibility index (Phi) is 4.77. The van der Waals surface area contributed by atoms with Gasteiger partial charge in [-0.05, 0) is 55.0 Å². The summed E-state index contributed by atoms with van der Waals surface area (Å²) in [6.45, 7) is 2.03. The first-order valence-electron chi connectivity index (χ1n) is 7.47. The second-order valence-electron chi connectivity index (χ2n) is 5.39. The highest BCUT2D eigenvalue weighted by Gasteiger charge is 2.07. The summed E-state index contributed by atoms with van der Waals surface area (Å²) in [5.74, 6) is 0.486. The van der Waals surface area contributed by atoms with E-state index in [0.29, 0.717) is 22.1 Å². The number of nitrogens with zero attached hydrogens (tertiary/aromatic N) is 1. The number of aromatic nitrogens is 1. The van der Waals surface area contributed by atoms with Crippen molar-refractivity contribution >= 4 is 34.7 Å². The number of carbonyl (C=O) groups is 1. The average molecular weight is 338 g/mol. The number of carbonyl (C=O) groups excluding carboxylic acids is 1. The van der Waals surface area contributed by atoms with Gasteiger partial charge in [0.05, 0.1) is 11.9 Å². The van der Waals surface area contributed by atoms with Crippen molar-refractivity contribution in [1.29, 1.82) is 0 Å². The van der Waals surface area contributed by atoms with Gasteiger partial charge >= 0.3 is 0 Å². The van der Waals surface area contributed by atoms with E-state index in [1.54, 1.807) is 36.5 Å². The number of benzene rings is 2. The van der Waals surface area contributed by atoms with E-state index < -0.39 is 0 Å². The van der Waals surface area contributed by atoms with E-state index in [-0.39, 0.29) is 5.91 Å². The second-order valence-corrected chi connectivity index (χ2v) is 5.83. The Morgan fingerprint density at radius 2 is 1.83 bits per heavy atom. The van der Waals surface area contributed by atoms with Crippen molar-refractivity contribution in [3.05, 3.63) is 83.0 Å². The fourth-order valence-corrected chi connectivity index (χ4v) is 2.44. The summed E-state index contributed by atoms with van der Waals surface area (Å²) in [4.78, 5) is 16.5. The number of amides is 1. The van der Waals surface area contributed by atoms with Gasteiger partial charge in [-0.1, -0.05) is 29.8 Å². The Morgan fingerprint density at radius 1 is 1.00 bits per heavy atom. The lowest BCUT2D eigenvalue weighted by atomic mass is 10.2. The first kappa shape index (κ1) is 16.0. The van der Waals surface area contributed by atoms with Crippen molar-refractivity contribution in [3.63, 3.8) is 0 Å². The molecule has 0 aliphatic heterocycles. The predicted molar refractivity (Wildman–Crippen MR) is 98.1 cm³/mol. The zero-order valence-corrected chi connectivity index (χ0v) is 13.8. The highest BCUT2D eigenvalue weighted by molar-refractivity contribution is 6.31. The standard InChI is InChI=1S/C19H16ClN3O/c1-13-4-2-7-16(10-13)22-18-9-8-17(12-21-18)23-19(24)14-5-3-6-15(20)11-14/h2-12H,1H3,(H,21,22)(H,23,24). The molecule has 1 aromatic heterocycles. The van der Waals surface area contributed by atoms with Crippen LogP contribution >= 0.6 is 11.6 Å². The first-order valence-corrected chi connectivity index (χ1v) is 7.84. The first-order chi connectivity index (χ1) is 11.6. The van der Waals surface area contributed by atoms with Crippen LogP contribution in [0, 0.1) is 6.92 Å². The minimum atomic E-state index is -0.223. The van der Waals surface area contributed by atoms with Crippen molar-refractivity contribution in [3.8, 4) is 0 Å². The number of anilines is 3. The van der Waals surface area contributed by atoms with Gasteiger partial charge in [0.25, 0.3) is 5.91 Å². The maximum Gasteiger partial charge on any atom is 0.255 e. The van der Waals surface area contributed by atoms with Gasteiger partial charge in [0.1, 0.15) is 5.82 Å². The van der Waals surface area contributed by atoms with Gasteiger partial charge in [0.15, 0.2) is 0 Å². The van der Waals surface area contributed by atoms with Crippen LogP contribution in [0.15, 0.2) is 66.9 Å². The lowest BCUT2D eigenvalue weighted by Crippen LogP contribution is -2.12. The monoisotopic (exact) mass is 337 g/mol. The molecule has 3 rings (SSSR count). The SMILES string of the molecule is Cc1cccc(Nc2ccc(NC(=O)c3cccc(Cl)c3)cn2)c1. The molecule has 24 heavy (non-hydrogen) atoms.